The molecule has 2 heterocycles. The van der Waals surface area contributed by atoms with Crippen molar-refractivity contribution in [3.05, 3.63) is 46.8 Å². The summed E-state index contributed by atoms with van der Waals surface area (Å²) >= 11 is 0. The summed E-state index contributed by atoms with van der Waals surface area (Å²) in [5.74, 6) is 0.926. The van der Waals surface area contributed by atoms with Gasteiger partial charge >= 0.3 is 6.03 Å². The van der Waals surface area contributed by atoms with E-state index >= 15 is 0 Å². The van der Waals surface area contributed by atoms with Gasteiger partial charge in [0, 0.05) is 33.7 Å². The minimum atomic E-state index is -0.104. The second kappa shape index (κ2) is 7.78. The predicted molar refractivity (Wildman–Crippen MR) is 100.0 cm³/mol. The van der Waals surface area contributed by atoms with Crippen LogP contribution in [0.3, 0.4) is 0 Å². The van der Waals surface area contributed by atoms with Gasteiger partial charge in [-0.05, 0) is 30.2 Å². The first-order valence-electron chi connectivity index (χ1n) is 8.83. The number of rotatable bonds is 5. The topological polar surface area (TPSA) is 62.6 Å². The lowest BCUT2D eigenvalue weighted by molar-refractivity contribution is 0.205. The highest BCUT2D eigenvalue weighted by Crippen LogP contribution is 2.21. The van der Waals surface area contributed by atoms with Gasteiger partial charge in [-0.1, -0.05) is 12.1 Å². The Hall–Kier alpha value is -2.54. The van der Waals surface area contributed by atoms with Gasteiger partial charge in [-0.3, -0.25) is 9.58 Å². The normalized spacial score (nSPS) is 14.0. The Labute approximate surface area is 154 Å². The average Bonchev–Trinajstić information content (AvgIpc) is 3.02. The highest BCUT2D eigenvalue weighted by Gasteiger charge is 2.19. The van der Waals surface area contributed by atoms with Crippen LogP contribution in [0.1, 0.15) is 22.5 Å². The van der Waals surface area contributed by atoms with Crippen molar-refractivity contribution in [2.75, 3.05) is 27.7 Å². The summed E-state index contributed by atoms with van der Waals surface area (Å²) in [6.45, 7) is 6.12. The van der Waals surface area contributed by atoms with Crippen molar-refractivity contribution in [2.24, 2.45) is 0 Å². The highest BCUT2D eigenvalue weighted by atomic mass is 16.5. The number of nitrogens with one attached hydrogen (secondary N) is 1. The Kier molecular flexibility index (Phi) is 5.46. The van der Waals surface area contributed by atoms with Crippen LogP contribution in [-0.2, 0) is 26.2 Å². The molecule has 1 aliphatic heterocycles. The molecule has 2 aromatic rings. The number of urea groups is 1. The molecular weight excluding hydrogens is 330 g/mol. The van der Waals surface area contributed by atoms with Crippen molar-refractivity contribution in [3.63, 3.8) is 0 Å². The maximum absolute atomic E-state index is 11.7. The first-order valence-corrected chi connectivity index (χ1v) is 8.83. The molecule has 0 saturated heterocycles. The Morgan fingerprint density at radius 1 is 1.31 bits per heavy atom. The number of aryl methyl sites for hydroxylation is 1. The number of hydrogen-bond donors (Lipinski definition) is 1. The third kappa shape index (κ3) is 4.16. The smallest absolute Gasteiger partial charge is 0.317 e. The van der Waals surface area contributed by atoms with Crippen LogP contribution in [0.5, 0.6) is 5.75 Å². The monoisotopic (exact) mass is 357 g/mol. The van der Waals surface area contributed by atoms with Crippen molar-refractivity contribution in [2.45, 2.75) is 33.1 Å². The summed E-state index contributed by atoms with van der Waals surface area (Å²) in [5.41, 5.74) is 4.54. The van der Waals surface area contributed by atoms with Gasteiger partial charge in [0.2, 0.25) is 0 Å². The van der Waals surface area contributed by atoms with Crippen molar-refractivity contribution < 1.29 is 9.53 Å². The predicted octanol–water partition coefficient (Wildman–Crippen LogP) is 1.99. The molecule has 1 aromatic carbocycles. The maximum Gasteiger partial charge on any atom is 0.317 e. The quantitative estimate of drug-likeness (QED) is 0.889. The molecule has 0 atom stereocenters. The van der Waals surface area contributed by atoms with E-state index in [0.29, 0.717) is 6.54 Å². The third-order valence-electron chi connectivity index (χ3n) is 4.62. The van der Waals surface area contributed by atoms with E-state index in [1.165, 1.54) is 16.2 Å². The summed E-state index contributed by atoms with van der Waals surface area (Å²) < 4.78 is 7.38. The van der Waals surface area contributed by atoms with Gasteiger partial charge in [0.15, 0.2) is 0 Å². The number of methoxy groups -OCH3 is 1. The van der Waals surface area contributed by atoms with Crippen LogP contribution < -0.4 is 10.1 Å². The standard InChI is InChI=1S/C19H27N5O2/c1-14-9-15(5-6-18(14)26-4)12-23-7-8-24-17(13-23)10-16(21-24)11-20-19(25)22(2)3/h5-6,9-10H,7-8,11-13H2,1-4H3,(H,20,25). The molecular formula is C19H27N5O2. The molecule has 3 rings (SSSR count). The minimum absolute atomic E-state index is 0.104. The zero-order valence-electron chi connectivity index (χ0n) is 16.0. The fraction of sp³-hybridized carbons (Fsp3) is 0.474. The van der Waals surface area contributed by atoms with Gasteiger partial charge in [0.25, 0.3) is 0 Å². The number of ether oxygens (including phenoxy) is 1. The molecule has 0 radical (unpaired) electrons. The molecule has 0 fully saturated rings. The molecule has 1 aromatic heterocycles. The van der Waals surface area contributed by atoms with Crippen LogP contribution in [0.4, 0.5) is 4.79 Å². The molecule has 7 heteroatoms. The Morgan fingerprint density at radius 3 is 2.81 bits per heavy atom. The van der Waals surface area contributed by atoms with Gasteiger partial charge in [-0.25, -0.2) is 4.79 Å². The SMILES string of the molecule is COc1ccc(CN2CCn3nc(CNC(=O)N(C)C)cc3C2)cc1C. The number of hydrogen-bond acceptors (Lipinski definition) is 4. The average molecular weight is 357 g/mol. The summed E-state index contributed by atoms with van der Waals surface area (Å²) in [4.78, 5) is 15.6. The van der Waals surface area contributed by atoms with Crippen molar-refractivity contribution in [1.82, 2.24) is 24.9 Å². The number of carbonyl (C=O) groups excluding carboxylic acids is 1. The van der Waals surface area contributed by atoms with E-state index in [4.69, 9.17) is 4.74 Å². The molecule has 26 heavy (non-hydrogen) atoms. The minimum Gasteiger partial charge on any atom is -0.496 e. The fourth-order valence-corrected chi connectivity index (χ4v) is 3.22. The summed E-state index contributed by atoms with van der Waals surface area (Å²) in [6, 6.07) is 8.33. The van der Waals surface area contributed by atoms with Crippen molar-refractivity contribution in [1.29, 1.82) is 0 Å². The molecule has 1 N–H and O–H groups in total. The van der Waals surface area contributed by atoms with Gasteiger partial charge in [0.05, 0.1) is 31.6 Å². The maximum atomic E-state index is 11.7. The van der Waals surface area contributed by atoms with Gasteiger partial charge in [0.1, 0.15) is 5.75 Å². The van der Waals surface area contributed by atoms with Crippen LogP contribution in [0.15, 0.2) is 24.3 Å². The van der Waals surface area contributed by atoms with Crippen LogP contribution in [0, 0.1) is 6.92 Å². The zero-order chi connectivity index (χ0) is 18.7. The van der Waals surface area contributed by atoms with E-state index in [0.717, 1.165) is 43.2 Å². The van der Waals surface area contributed by atoms with Crippen molar-refractivity contribution in [3.8, 4) is 5.75 Å². The largest absolute Gasteiger partial charge is 0.496 e. The van der Waals surface area contributed by atoms with Crippen LogP contribution in [0.25, 0.3) is 0 Å². The fourth-order valence-electron chi connectivity index (χ4n) is 3.22. The Balaban J connectivity index is 1.61. The number of fused-ring (bicyclic) bond motifs is 1. The first kappa shape index (κ1) is 18.3. The lowest BCUT2D eigenvalue weighted by Gasteiger charge is -2.27. The number of benzene rings is 1. The number of carbonyl (C=O) groups is 1. The van der Waals surface area contributed by atoms with E-state index in [-0.39, 0.29) is 6.03 Å². The zero-order valence-corrected chi connectivity index (χ0v) is 16.0. The number of amides is 2. The summed E-state index contributed by atoms with van der Waals surface area (Å²) in [5, 5.41) is 7.46. The number of nitrogens with zero attached hydrogens (tertiary/aromatic N) is 4. The molecule has 0 spiro atoms. The van der Waals surface area contributed by atoms with E-state index in [2.05, 4.69) is 40.4 Å². The molecule has 7 nitrogen and oxygen atoms in total. The lowest BCUT2D eigenvalue weighted by Crippen LogP contribution is -2.34. The van der Waals surface area contributed by atoms with Gasteiger partial charge in [-0.15, -0.1) is 0 Å². The van der Waals surface area contributed by atoms with E-state index in [1.54, 1.807) is 21.2 Å². The van der Waals surface area contributed by atoms with E-state index in [1.807, 2.05) is 10.7 Å². The van der Waals surface area contributed by atoms with Crippen LogP contribution >= 0.6 is 0 Å². The molecule has 0 aliphatic carbocycles. The molecule has 140 valence electrons. The van der Waals surface area contributed by atoms with Crippen molar-refractivity contribution >= 4 is 6.03 Å². The highest BCUT2D eigenvalue weighted by molar-refractivity contribution is 5.73. The van der Waals surface area contributed by atoms with Gasteiger partial charge < -0.3 is 15.0 Å². The second-order valence-corrected chi connectivity index (χ2v) is 6.92. The third-order valence-corrected chi connectivity index (χ3v) is 4.62. The Morgan fingerprint density at radius 2 is 2.12 bits per heavy atom. The van der Waals surface area contributed by atoms with E-state index < -0.39 is 0 Å². The van der Waals surface area contributed by atoms with Gasteiger partial charge in [-0.2, -0.15) is 5.10 Å². The Bertz CT molecular complexity index is 784. The molecule has 0 unspecified atom stereocenters. The molecule has 0 bridgehead atoms. The molecule has 1 aliphatic rings. The first-order chi connectivity index (χ1) is 12.5. The number of aromatic nitrogens is 2. The molecule has 0 saturated carbocycles. The van der Waals surface area contributed by atoms with Crippen LogP contribution in [0.2, 0.25) is 0 Å². The second-order valence-electron chi connectivity index (χ2n) is 6.92. The van der Waals surface area contributed by atoms with E-state index in [9.17, 15) is 4.79 Å². The molecule has 2 amide bonds. The van der Waals surface area contributed by atoms with Crippen LogP contribution in [-0.4, -0.2) is 53.4 Å². The lowest BCUT2D eigenvalue weighted by atomic mass is 10.1. The summed E-state index contributed by atoms with van der Waals surface area (Å²) in [7, 11) is 5.16. The summed E-state index contributed by atoms with van der Waals surface area (Å²) in [6.07, 6.45) is 0.